The average molecular weight is 619 g/mol. The van der Waals surface area contributed by atoms with Crippen LogP contribution in [0.2, 0.25) is 0 Å². The van der Waals surface area contributed by atoms with Crippen molar-refractivity contribution in [1.29, 1.82) is 0 Å². The summed E-state index contributed by atoms with van der Waals surface area (Å²) in [5, 5.41) is 0. The largest absolute Gasteiger partial charge is 0.573 e. The van der Waals surface area contributed by atoms with E-state index in [0.717, 1.165) is 18.4 Å². The molecule has 0 spiro atoms. The van der Waals surface area contributed by atoms with Gasteiger partial charge in [0.15, 0.2) is 9.84 Å². The van der Waals surface area contributed by atoms with Crippen LogP contribution in [-0.4, -0.2) is 39.4 Å². The summed E-state index contributed by atoms with van der Waals surface area (Å²) in [5.74, 6) is -3.54. The predicted molar refractivity (Wildman–Crippen MR) is 132 cm³/mol. The highest BCUT2D eigenvalue weighted by atomic mass is 32.2. The van der Waals surface area contributed by atoms with Gasteiger partial charge in [0.05, 0.1) is 16.2 Å². The Morgan fingerprint density at radius 2 is 1.24 bits per heavy atom. The van der Waals surface area contributed by atoms with Gasteiger partial charge in [-0.15, -0.1) is 13.2 Å². The molecule has 8 nitrogen and oxygen atoms in total. The number of rotatable bonds is 7. The fourth-order valence-corrected chi connectivity index (χ4v) is 5.05. The van der Waals surface area contributed by atoms with Crippen molar-refractivity contribution in [2.24, 2.45) is 0 Å². The van der Waals surface area contributed by atoms with Gasteiger partial charge in [-0.3, -0.25) is 0 Å². The zero-order chi connectivity index (χ0) is 30.2. The van der Waals surface area contributed by atoms with Crippen molar-refractivity contribution in [3.63, 3.8) is 0 Å². The molecule has 0 radical (unpaired) electrons. The van der Waals surface area contributed by atoms with Crippen LogP contribution in [0.5, 0.6) is 11.6 Å². The maximum absolute atomic E-state index is 13.8. The van der Waals surface area contributed by atoms with Gasteiger partial charge in [0.1, 0.15) is 10.6 Å². The molecule has 4 aromatic rings. The molecule has 1 aromatic heterocycles. The molecule has 41 heavy (non-hydrogen) atoms. The van der Waals surface area contributed by atoms with Crippen molar-refractivity contribution in [2.75, 3.05) is 6.26 Å². The van der Waals surface area contributed by atoms with Crippen LogP contribution in [-0.2, 0) is 26.1 Å². The number of ether oxygens (including phenoxy) is 1. The maximum atomic E-state index is 13.8. The van der Waals surface area contributed by atoms with E-state index in [2.05, 4.69) is 14.7 Å². The molecule has 0 unspecified atom stereocenters. The Kier molecular flexibility index (Phi) is 7.75. The van der Waals surface area contributed by atoms with Crippen LogP contribution in [0.4, 0.5) is 26.3 Å². The maximum Gasteiger partial charge on any atom is 0.573 e. The van der Waals surface area contributed by atoms with E-state index in [4.69, 9.17) is 4.18 Å². The molecule has 0 saturated heterocycles. The number of sulfone groups is 1. The molecule has 0 amide bonds. The molecule has 0 atom stereocenters. The van der Waals surface area contributed by atoms with Crippen LogP contribution in [0, 0.1) is 0 Å². The number of aromatic nitrogens is 2. The first kappa shape index (κ1) is 29.8. The molecule has 0 aliphatic rings. The highest BCUT2D eigenvalue weighted by molar-refractivity contribution is 7.90. The third-order valence-corrected chi connectivity index (χ3v) is 7.64. The summed E-state index contributed by atoms with van der Waals surface area (Å²) < 4.78 is 137. The summed E-state index contributed by atoms with van der Waals surface area (Å²) in [6.07, 6.45) is -9.29. The van der Waals surface area contributed by atoms with Gasteiger partial charge in [-0.1, -0.05) is 42.5 Å². The molecule has 16 heteroatoms. The monoisotopic (exact) mass is 618 g/mol. The minimum absolute atomic E-state index is 0.0277. The first-order valence-electron chi connectivity index (χ1n) is 11.1. The third kappa shape index (κ3) is 7.13. The van der Waals surface area contributed by atoms with Crippen LogP contribution >= 0.6 is 0 Å². The van der Waals surface area contributed by atoms with Crippen molar-refractivity contribution in [3.8, 4) is 34.0 Å². The van der Waals surface area contributed by atoms with E-state index in [0.29, 0.717) is 24.3 Å². The van der Waals surface area contributed by atoms with Gasteiger partial charge in [-0.2, -0.15) is 26.6 Å². The topological polar surface area (TPSA) is 113 Å². The quantitative estimate of drug-likeness (QED) is 0.186. The molecular formula is C25H16F6N2O6S2. The van der Waals surface area contributed by atoms with Gasteiger partial charge in [-0.25, -0.2) is 13.4 Å². The van der Waals surface area contributed by atoms with Gasteiger partial charge in [0, 0.05) is 11.8 Å². The van der Waals surface area contributed by atoms with Gasteiger partial charge in [-0.05, 0) is 42.0 Å². The Morgan fingerprint density at radius 1 is 0.683 bits per heavy atom. The smallest absolute Gasteiger partial charge is 0.406 e. The number of benzene rings is 3. The molecule has 0 fully saturated rings. The zero-order valence-corrected chi connectivity index (χ0v) is 22.1. The molecule has 0 aliphatic carbocycles. The second-order valence-electron chi connectivity index (χ2n) is 8.29. The van der Waals surface area contributed by atoms with E-state index in [1.54, 1.807) is 6.07 Å². The minimum Gasteiger partial charge on any atom is -0.406 e. The van der Waals surface area contributed by atoms with Gasteiger partial charge in [0.2, 0.25) is 11.7 Å². The number of nitrogens with zero attached hydrogens (tertiary/aromatic N) is 2. The lowest BCUT2D eigenvalue weighted by Crippen LogP contribution is -2.18. The van der Waals surface area contributed by atoms with E-state index in [9.17, 15) is 43.2 Å². The molecular weight excluding hydrogens is 602 g/mol. The number of hydrogen-bond acceptors (Lipinski definition) is 8. The normalized spacial score (nSPS) is 12.7. The molecule has 0 bridgehead atoms. The molecule has 0 aliphatic heterocycles. The van der Waals surface area contributed by atoms with Crippen molar-refractivity contribution in [3.05, 3.63) is 84.7 Å². The lowest BCUT2D eigenvalue weighted by atomic mass is 10.00. The van der Waals surface area contributed by atoms with Crippen LogP contribution in [0.1, 0.15) is 5.82 Å². The fraction of sp³-hybridized carbons (Fsp3) is 0.120. The first-order chi connectivity index (χ1) is 18.9. The van der Waals surface area contributed by atoms with Gasteiger partial charge < -0.3 is 8.92 Å². The van der Waals surface area contributed by atoms with Crippen LogP contribution in [0.15, 0.2) is 88.7 Å². The molecule has 216 valence electrons. The van der Waals surface area contributed by atoms with Crippen LogP contribution in [0.25, 0.3) is 22.4 Å². The van der Waals surface area contributed by atoms with E-state index in [1.165, 1.54) is 36.4 Å². The Hall–Kier alpha value is -4.18. The van der Waals surface area contributed by atoms with Crippen molar-refractivity contribution < 1.29 is 52.1 Å². The summed E-state index contributed by atoms with van der Waals surface area (Å²) >= 11 is 0. The summed E-state index contributed by atoms with van der Waals surface area (Å²) in [7, 11) is -8.62. The Bertz CT molecular complexity index is 1780. The predicted octanol–water partition coefficient (Wildman–Crippen LogP) is 5.90. The average Bonchev–Trinajstić information content (AvgIpc) is 2.87. The molecule has 3 aromatic carbocycles. The third-order valence-electron chi connectivity index (χ3n) is 5.28. The molecule has 4 rings (SSSR count). The second kappa shape index (κ2) is 10.7. The van der Waals surface area contributed by atoms with Crippen molar-refractivity contribution in [1.82, 2.24) is 9.97 Å². The van der Waals surface area contributed by atoms with Crippen molar-refractivity contribution >= 4 is 20.0 Å². The van der Waals surface area contributed by atoms with Crippen molar-refractivity contribution in [2.45, 2.75) is 22.3 Å². The van der Waals surface area contributed by atoms with Crippen LogP contribution < -0.4 is 8.92 Å². The number of halogens is 6. The molecule has 1 heterocycles. The zero-order valence-electron chi connectivity index (χ0n) is 20.4. The number of hydrogen-bond donors (Lipinski definition) is 0. The Morgan fingerprint density at radius 3 is 1.76 bits per heavy atom. The van der Waals surface area contributed by atoms with Crippen LogP contribution in [0.3, 0.4) is 0 Å². The van der Waals surface area contributed by atoms with E-state index < -0.39 is 60.5 Å². The Labute approximate surface area is 229 Å². The summed E-state index contributed by atoms with van der Waals surface area (Å²) in [6, 6.07) is 14.8. The fourth-order valence-electron chi connectivity index (χ4n) is 3.52. The SMILES string of the molecule is CS(=O)(=O)c1ccc(-c2nc(C(F)(F)F)nc(OS(=O)(=O)c3ccc(OC(F)(F)F)cc3)c2-c2ccccc2)cc1. The minimum atomic E-state index is -5.17. The highest BCUT2D eigenvalue weighted by Crippen LogP contribution is 2.41. The molecule has 0 saturated carbocycles. The Balaban J connectivity index is 1.91. The lowest BCUT2D eigenvalue weighted by molar-refractivity contribution is -0.274. The van der Waals surface area contributed by atoms with Gasteiger partial charge >= 0.3 is 22.7 Å². The first-order valence-corrected chi connectivity index (χ1v) is 14.4. The summed E-state index contributed by atoms with van der Waals surface area (Å²) in [5.41, 5.74) is -0.605. The number of alkyl halides is 6. The van der Waals surface area contributed by atoms with E-state index in [-0.39, 0.29) is 21.6 Å². The summed E-state index contributed by atoms with van der Waals surface area (Å²) in [4.78, 5) is 6.10. The standard InChI is InChI=1S/C25H16F6N2O6S2/c1-40(34,35)18-11-7-16(8-12-18)21-20(15-5-3-2-4-6-15)22(33-23(32-21)24(26,27)28)39-41(36,37)19-13-9-17(10-14-19)38-25(29,30)31/h2-14H,1H3. The van der Waals surface area contributed by atoms with E-state index in [1.807, 2.05) is 0 Å². The summed E-state index contributed by atoms with van der Waals surface area (Å²) in [6.45, 7) is 0. The second-order valence-corrected chi connectivity index (χ2v) is 11.9. The highest BCUT2D eigenvalue weighted by Gasteiger charge is 2.38. The van der Waals surface area contributed by atoms with E-state index >= 15 is 0 Å². The molecule has 0 N–H and O–H groups in total. The van der Waals surface area contributed by atoms with Gasteiger partial charge in [0.25, 0.3) is 0 Å². The lowest BCUT2D eigenvalue weighted by Gasteiger charge is -2.17.